The maximum absolute atomic E-state index is 10.9. The van der Waals surface area contributed by atoms with E-state index < -0.39 is 0 Å². The molecule has 94 valence electrons. The molecule has 0 unspecified atom stereocenters. The summed E-state index contributed by atoms with van der Waals surface area (Å²) in [6.45, 7) is 0.350. The van der Waals surface area contributed by atoms with Crippen LogP contribution in [0.1, 0.15) is 6.42 Å². The molecule has 1 aromatic rings. The highest BCUT2D eigenvalue weighted by Crippen LogP contribution is 2.11. The molecule has 1 rings (SSSR count). The fourth-order valence-corrected chi connectivity index (χ4v) is 0.978. The van der Waals surface area contributed by atoms with Gasteiger partial charge in [0, 0.05) is 6.54 Å². The number of rotatable bonds is 6. The Morgan fingerprint density at radius 1 is 1.12 bits per heavy atom. The van der Waals surface area contributed by atoms with Gasteiger partial charge in [0.05, 0.1) is 27.8 Å². The molecule has 0 radical (unpaired) electrons. The fraction of sp³-hybridized carbons (Fsp3) is 0.556. The van der Waals surface area contributed by atoms with E-state index in [1.54, 1.807) is 0 Å². The molecule has 8 nitrogen and oxygen atoms in total. The van der Waals surface area contributed by atoms with Gasteiger partial charge in [-0.15, -0.1) is 4.98 Å². The Morgan fingerprint density at radius 3 is 2.18 bits per heavy atom. The number of nitrogens with zero attached hydrogens (tertiary/aromatic N) is 3. The summed E-state index contributed by atoms with van der Waals surface area (Å²) >= 11 is 0. The summed E-state index contributed by atoms with van der Waals surface area (Å²) in [6.07, 6.45) is 0.215. The zero-order chi connectivity index (χ0) is 12.7. The molecule has 1 aromatic heterocycles. The molecule has 0 bridgehead atoms. The van der Waals surface area contributed by atoms with Crippen LogP contribution in [0.25, 0.3) is 0 Å². The molecule has 0 fully saturated rings. The largest absolute Gasteiger partial charge is 0.469 e. The Bertz CT molecular complexity index is 363. The Balaban J connectivity index is 2.60. The minimum atomic E-state index is -0.314. The highest BCUT2D eigenvalue weighted by molar-refractivity contribution is 5.69. The zero-order valence-corrected chi connectivity index (χ0v) is 9.89. The van der Waals surface area contributed by atoms with Gasteiger partial charge in [0.25, 0.3) is 0 Å². The van der Waals surface area contributed by atoms with Crippen molar-refractivity contribution in [3.8, 4) is 12.0 Å². The first-order valence-electron chi connectivity index (χ1n) is 4.84. The van der Waals surface area contributed by atoms with E-state index in [1.165, 1.54) is 21.3 Å². The number of esters is 1. The van der Waals surface area contributed by atoms with Gasteiger partial charge in [0.15, 0.2) is 0 Å². The van der Waals surface area contributed by atoms with Gasteiger partial charge in [0.1, 0.15) is 0 Å². The number of aromatic nitrogens is 3. The van der Waals surface area contributed by atoms with Crippen LogP contribution in [0.5, 0.6) is 12.0 Å². The summed E-state index contributed by atoms with van der Waals surface area (Å²) < 4.78 is 14.2. The number of hydrogen-bond donors (Lipinski definition) is 1. The van der Waals surface area contributed by atoms with E-state index in [4.69, 9.17) is 9.47 Å². The predicted molar refractivity (Wildman–Crippen MR) is 58.1 cm³/mol. The van der Waals surface area contributed by atoms with Crippen LogP contribution >= 0.6 is 0 Å². The molecule has 0 aliphatic heterocycles. The predicted octanol–water partition coefficient (Wildman–Crippen LogP) is -0.136. The van der Waals surface area contributed by atoms with Crippen molar-refractivity contribution in [2.24, 2.45) is 0 Å². The molecule has 1 N–H and O–H groups in total. The second-order valence-corrected chi connectivity index (χ2v) is 2.89. The van der Waals surface area contributed by atoms with Crippen LogP contribution in [0.2, 0.25) is 0 Å². The van der Waals surface area contributed by atoms with Crippen molar-refractivity contribution in [3.63, 3.8) is 0 Å². The van der Waals surface area contributed by atoms with Crippen LogP contribution in [-0.2, 0) is 9.53 Å². The molecule has 0 aromatic carbocycles. The topological polar surface area (TPSA) is 95.5 Å². The van der Waals surface area contributed by atoms with E-state index in [1.807, 2.05) is 0 Å². The number of carbonyl (C=O) groups excluding carboxylic acids is 1. The lowest BCUT2D eigenvalue weighted by Crippen LogP contribution is -2.12. The molecule has 0 amide bonds. The molecular formula is C9H14N4O4. The molecule has 1 heterocycles. The van der Waals surface area contributed by atoms with Crippen molar-refractivity contribution in [1.82, 2.24) is 15.0 Å². The number of methoxy groups -OCH3 is 3. The molecule has 0 saturated carbocycles. The highest BCUT2D eigenvalue weighted by atomic mass is 16.5. The summed E-state index contributed by atoms with van der Waals surface area (Å²) in [5, 5.41) is 2.84. The first-order valence-corrected chi connectivity index (χ1v) is 4.84. The first-order chi connectivity index (χ1) is 8.19. The molecule has 0 atom stereocenters. The summed E-state index contributed by atoms with van der Waals surface area (Å²) in [4.78, 5) is 22.6. The minimum Gasteiger partial charge on any atom is -0.469 e. The van der Waals surface area contributed by atoms with Gasteiger partial charge < -0.3 is 19.5 Å². The third-order valence-corrected chi connectivity index (χ3v) is 1.80. The second-order valence-electron chi connectivity index (χ2n) is 2.89. The van der Waals surface area contributed by atoms with Crippen LogP contribution in [0, 0.1) is 0 Å². The van der Waals surface area contributed by atoms with Gasteiger partial charge in [-0.2, -0.15) is 9.97 Å². The lowest BCUT2D eigenvalue weighted by Gasteiger charge is -2.06. The van der Waals surface area contributed by atoms with E-state index in [-0.39, 0.29) is 30.4 Å². The van der Waals surface area contributed by atoms with E-state index in [2.05, 4.69) is 25.0 Å². The smallest absolute Gasteiger partial charge is 0.324 e. The monoisotopic (exact) mass is 242 g/mol. The van der Waals surface area contributed by atoms with Crippen LogP contribution in [0.4, 0.5) is 5.95 Å². The van der Waals surface area contributed by atoms with Gasteiger partial charge in [-0.25, -0.2) is 0 Å². The SMILES string of the molecule is COC(=O)CCNc1nc(OC)nc(OC)n1. The lowest BCUT2D eigenvalue weighted by atomic mass is 10.4. The summed E-state index contributed by atoms with van der Waals surface area (Å²) in [5.41, 5.74) is 0. The van der Waals surface area contributed by atoms with Crippen LogP contribution in [0.15, 0.2) is 0 Å². The van der Waals surface area contributed by atoms with E-state index in [0.717, 1.165) is 0 Å². The Hall–Kier alpha value is -2.12. The highest BCUT2D eigenvalue weighted by Gasteiger charge is 2.07. The van der Waals surface area contributed by atoms with Crippen molar-refractivity contribution in [1.29, 1.82) is 0 Å². The lowest BCUT2D eigenvalue weighted by molar-refractivity contribution is -0.140. The summed E-state index contributed by atoms with van der Waals surface area (Å²) in [6, 6.07) is 0.273. The van der Waals surface area contributed by atoms with Gasteiger partial charge in [-0.1, -0.05) is 0 Å². The second kappa shape index (κ2) is 6.46. The minimum absolute atomic E-state index is 0.136. The van der Waals surface area contributed by atoms with E-state index in [9.17, 15) is 4.79 Å². The normalized spacial score (nSPS) is 9.59. The number of ether oxygens (including phenoxy) is 3. The van der Waals surface area contributed by atoms with Crippen molar-refractivity contribution in [3.05, 3.63) is 0 Å². The number of carbonyl (C=O) groups is 1. The number of nitrogens with one attached hydrogen (secondary N) is 1. The van der Waals surface area contributed by atoms with Crippen molar-refractivity contribution in [2.75, 3.05) is 33.2 Å². The molecule has 0 spiro atoms. The van der Waals surface area contributed by atoms with E-state index in [0.29, 0.717) is 6.54 Å². The third-order valence-electron chi connectivity index (χ3n) is 1.80. The Morgan fingerprint density at radius 2 is 1.71 bits per heavy atom. The molecule has 0 aliphatic carbocycles. The quantitative estimate of drug-likeness (QED) is 0.689. The number of hydrogen-bond acceptors (Lipinski definition) is 8. The Kier molecular flexibility index (Phi) is 4.92. The maximum atomic E-state index is 10.9. The fourth-order valence-electron chi connectivity index (χ4n) is 0.978. The van der Waals surface area contributed by atoms with Crippen molar-refractivity contribution < 1.29 is 19.0 Å². The standard InChI is InChI=1S/C9H14N4O4/c1-15-6(14)4-5-10-7-11-8(16-2)13-9(12-7)17-3/h4-5H2,1-3H3,(H,10,11,12,13). The zero-order valence-electron chi connectivity index (χ0n) is 9.89. The molecule has 17 heavy (non-hydrogen) atoms. The van der Waals surface area contributed by atoms with Gasteiger partial charge in [0.2, 0.25) is 5.95 Å². The van der Waals surface area contributed by atoms with Gasteiger partial charge >= 0.3 is 18.0 Å². The van der Waals surface area contributed by atoms with Crippen LogP contribution in [-0.4, -0.2) is 48.8 Å². The molecular weight excluding hydrogens is 228 g/mol. The molecule has 0 aliphatic rings. The van der Waals surface area contributed by atoms with Crippen LogP contribution in [0.3, 0.4) is 0 Å². The van der Waals surface area contributed by atoms with E-state index >= 15 is 0 Å². The average molecular weight is 242 g/mol. The summed E-state index contributed by atoms with van der Waals surface area (Å²) in [5.74, 6) is -0.0388. The molecule has 8 heteroatoms. The molecule has 0 saturated heterocycles. The summed E-state index contributed by atoms with van der Waals surface area (Å²) in [7, 11) is 4.21. The average Bonchev–Trinajstić information content (AvgIpc) is 2.37. The first kappa shape index (κ1) is 12.9. The van der Waals surface area contributed by atoms with Gasteiger partial charge in [-0.05, 0) is 0 Å². The Labute approximate surface area is 98.3 Å². The number of anilines is 1. The third kappa shape index (κ3) is 4.09. The van der Waals surface area contributed by atoms with Crippen molar-refractivity contribution in [2.45, 2.75) is 6.42 Å². The van der Waals surface area contributed by atoms with Gasteiger partial charge in [-0.3, -0.25) is 4.79 Å². The van der Waals surface area contributed by atoms with Crippen molar-refractivity contribution >= 4 is 11.9 Å². The maximum Gasteiger partial charge on any atom is 0.324 e. The van der Waals surface area contributed by atoms with Crippen LogP contribution < -0.4 is 14.8 Å².